The zero-order chi connectivity index (χ0) is 18.9. The number of carbonyl (C=O) groups is 2. The molecule has 0 heterocycles. The van der Waals surface area contributed by atoms with E-state index in [1.807, 2.05) is 24.3 Å². The minimum atomic E-state index is -0.978. The normalized spacial score (nSPS) is 11.1. The van der Waals surface area contributed by atoms with Crippen molar-refractivity contribution in [2.45, 2.75) is 19.4 Å². The number of halogens is 1. The van der Waals surface area contributed by atoms with Crippen LogP contribution >= 0.6 is 11.6 Å². The molecule has 0 radical (unpaired) electrons. The molecule has 1 N–H and O–H groups in total. The van der Waals surface area contributed by atoms with E-state index in [-0.39, 0.29) is 18.1 Å². The van der Waals surface area contributed by atoms with Crippen molar-refractivity contribution in [3.63, 3.8) is 0 Å². The summed E-state index contributed by atoms with van der Waals surface area (Å²) in [5, 5.41) is 11.6. The molecule has 0 aliphatic heterocycles. The van der Waals surface area contributed by atoms with Crippen LogP contribution in [-0.4, -0.2) is 24.6 Å². The van der Waals surface area contributed by atoms with Gasteiger partial charge >= 0.3 is 5.97 Å². The zero-order valence-electron chi connectivity index (χ0n) is 14.1. The molecule has 7 heteroatoms. The van der Waals surface area contributed by atoms with Gasteiger partial charge in [-0.15, -0.1) is 0 Å². The Balaban J connectivity index is 1.78. The van der Waals surface area contributed by atoms with Crippen molar-refractivity contribution < 1.29 is 19.1 Å². The second-order valence-corrected chi connectivity index (χ2v) is 5.75. The fourth-order valence-corrected chi connectivity index (χ4v) is 2.23. The Labute approximate surface area is 156 Å². The number of nitrogens with zero attached hydrogens (tertiary/aromatic N) is 1. The molecule has 1 amide bonds. The van der Waals surface area contributed by atoms with Gasteiger partial charge in [-0.05, 0) is 37.3 Å². The molecule has 1 atom stereocenters. The van der Waals surface area contributed by atoms with Crippen molar-refractivity contribution in [2.24, 2.45) is 0 Å². The number of ether oxygens (including phenoxy) is 2. The Morgan fingerprint density at radius 1 is 1.23 bits per heavy atom. The summed E-state index contributed by atoms with van der Waals surface area (Å²) in [6.07, 6.45) is -0.955. The van der Waals surface area contributed by atoms with Gasteiger partial charge in [-0.2, -0.15) is 5.26 Å². The number of nitrogens with one attached hydrogen (secondary N) is 1. The summed E-state index contributed by atoms with van der Waals surface area (Å²) in [5.41, 5.74) is 0.719. The molecule has 134 valence electrons. The molecule has 0 unspecified atom stereocenters. The molecule has 6 nitrogen and oxygen atoms in total. The lowest BCUT2D eigenvalue weighted by molar-refractivity contribution is -0.153. The third-order valence-electron chi connectivity index (χ3n) is 3.35. The number of para-hydroxylation sites is 1. The third kappa shape index (κ3) is 5.80. The standard InChI is InChI=1S/C19H17ClN2O4/c1-13(19(24)22-15-8-7-14(12-21)17(20)11-15)26-18(23)9-10-25-16-5-3-2-4-6-16/h2-8,11,13H,9-10H2,1H3,(H,22,24)/t13-/m0/s1. The SMILES string of the molecule is C[C@H](OC(=O)CCOc1ccccc1)C(=O)Nc1ccc(C#N)c(Cl)c1. The molecule has 0 spiro atoms. The molecule has 0 fully saturated rings. The van der Waals surface area contributed by atoms with Crippen LogP contribution in [0.1, 0.15) is 18.9 Å². The number of benzene rings is 2. The van der Waals surface area contributed by atoms with Crippen LogP contribution in [0, 0.1) is 11.3 Å². The molecule has 2 aromatic rings. The largest absolute Gasteiger partial charge is 0.493 e. The molecule has 2 aromatic carbocycles. The lowest BCUT2D eigenvalue weighted by atomic mass is 10.2. The van der Waals surface area contributed by atoms with Gasteiger partial charge < -0.3 is 14.8 Å². The first-order chi connectivity index (χ1) is 12.5. The number of carbonyl (C=O) groups excluding carboxylic acids is 2. The summed E-state index contributed by atoms with van der Waals surface area (Å²) >= 11 is 5.91. The van der Waals surface area contributed by atoms with Crippen LogP contribution in [0.3, 0.4) is 0 Å². The fraction of sp³-hybridized carbons (Fsp3) is 0.211. The van der Waals surface area contributed by atoms with E-state index in [1.54, 1.807) is 18.2 Å². The van der Waals surface area contributed by atoms with Crippen molar-refractivity contribution in [1.82, 2.24) is 0 Å². The number of rotatable bonds is 7. The van der Waals surface area contributed by atoms with Crippen molar-refractivity contribution in [2.75, 3.05) is 11.9 Å². The van der Waals surface area contributed by atoms with Gasteiger partial charge in [0.1, 0.15) is 11.8 Å². The van der Waals surface area contributed by atoms with Crippen LogP contribution in [0.5, 0.6) is 5.75 Å². The minimum Gasteiger partial charge on any atom is -0.493 e. The van der Waals surface area contributed by atoms with Crippen LogP contribution < -0.4 is 10.1 Å². The van der Waals surface area contributed by atoms with E-state index >= 15 is 0 Å². The zero-order valence-corrected chi connectivity index (χ0v) is 14.8. The van der Waals surface area contributed by atoms with Crippen molar-refractivity contribution in [3.05, 3.63) is 59.1 Å². The van der Waals surface area contributed by atoms with E-state index in [1.165, 1.54) is 19.1 Å². The molecule has 0 aliphatic carbocycles. The Morgan fingerprint density at radius 2 is 1.96 bits per heavy atom. The highest BCUT2D eigenvalue weighted by molar-refractivity contribution is 6.32. The summed E-state index contributed by atoms with van der Waals surface area (Å²) in [6.45, 7) is 1.62. The first kappa shape index (κ1) is 19.3. The highest BCUT2D eigenvalue weighted by Gasteiger charge is 2.18. The number of amides is 1. The minimum absolute atomic E-state index is 0.0230. The predicted molar refractivity (Wildman–Crippen MR) is 96.9 cm³/mol. The van der Waals surface area contributed by atoms with Crippen LogP contribution in [0.2, 0.25) is 5.02 Å². The Morgan fingerprint density at radius 3 is 2.62 bits per heavy atom. The van der Waals surface area contributed by atoms with Crippen molar-refractivity contribution in [3.8, 4) is 11.8 Å². The van der Waals surface area contributed by atoms with Crippen LogP contribution in [-0.2, 0) is 14.3 Å². The Bertz CT molecular complexity index is 818. The number of esters is 1. The topological polar surface area (TPSA) is 88.4 Å². The van der Waals surface area contributed by atoms with Gasteiger partial charge in [0.15, 0.2) is 6.10 Å². The van der Waals surface area contributed by atoms with Gasteiger partial charge in [-0.3, -0.25) is 9.59 Å². The molecule has 0 bridgehead atoms. The Hall–Kier alpha value is -3.04. The van der Waals surface area contributed by atoms with E-state index in [2.05, 4.69) is 5.32 Å². The lowest BCUT2D eigenvalue weighted by Gasteiger charge is -2.14. The second kappa shape index (κ2) is 9.44. The first-order valence-electron chi connectivity index (χ1n) is 7.87. The average Bonchev–Trinajstić information content (AvgIpc) is 2.62. The lowest BCUT2D eigenvalue weighted by Crippen LogP contribution is -2.30. The Kier molecular flexibility index (Phi) is 7.01. The van der Waals surface area contributed by atoms with Gasteiger partial charge in [0.25, 0.3) is 5.91 Å². The summed E-state index contributed by atoms with van der Waals surface area (Å²) in [6, 6.07) is 15.5. The average molecular weight is 373 g/mol. The van der Waals surface area contributed by atoms with Crippen LogP contribution in [0.4, 0.5) is 5.69 Å². The van der Waals surface area contributed by atoms with E-state index in [0.717, 1.165) is 0 Å². The number of hydrogen-bond acceptors (Lipinski definition) is 5. The molecule has 0 saturated heterocycles. The van der Waals surface area contributed by atoms with Gasteiger partial charge in [0, 0.05) is 5.69 Å². The van der Waals surface area contributed by atoms with E-state index in [9.17, 15) is 9.59 Å². The van der Waals surface area contributed by atoms with Gasteiger partial charge in [-0.25, -0.2) is 0 Å². The number of anilines is 1. The summed E-state index contributed by atoms with van der Waals surface area (Å²) < 4.78 is 10.5. The maximum absolute atomic E-state index is 12.1. The molecule has 26 heavy (non-hydrogen) atoms. The monoisotopic (exact) mass is 372 g/mol. The van der Waals surface area contributed by atoms with Crippen LogP contribution in [0.15, 0.2) is 48.5 Å². The summed E-state index contributed by atoms with van der Waals surface area (Å²) in [4.78, 5) is 23.9. The van der Waals surface area contributed by atoms with E-state index in [4.69, 9.17) is 26.3 Å². The van der Waals surface area contributed by atoms with Gasteiger partial charge in [0.2, 0.25) is 0 Å². The van der Waals surface area contributed by atoms with E-state index in [0.29, 0.717) is 17.0 Å². The quantitative estimate of drug-likeness (QED) is 0.751. The van der Waals surface area contributed by atoms with Crippen molar-refractivity contribution >= 4 is 29.2 Å². The predicted octanol–water partition coefficient (Wildman–Crippen LogP) is 3.55. The van der Waals surface area contributed by atoms with Crippen LogP contribution in [0.25, 0.3) is 0 Å². The summed E-state index contributed by atoms with van der Waals surface area (Å²) in [7, 11) is 0. The molecular formula is C19H17ClN2O4. The fourth-order valence-electron chi connectivity index (χ4n) is 2.01. The highest BCUT2D eigenvalue weighted by atomic mass is 35.5. The smallest absolute Gasteiger partial charge is 0.310 e. The maximum Gasteiger partial charge on any atom is 0.310 e. The molecule has 0 aromatic heterocycles. The van der Waals surface area contributed by atoms with Crippen molar-refractivity contribution in [1.29, 1.82) is 5.26 Å². The number of hydrogen-bond donors (Lipinski definition) is 1. The van der Waals surface area contributed by atoms with Gasteiger partial charge in [-0.1, -0.05) is 29.8 Å². The molecular weight excluding hydrogens is 356 g/mol. The maximum atomic E-state index is 12.1. The van der Waals surface area contributed by atoms with Gasteiger partial charge in [0.05, 0.1) is 23.6 Å². The second-order valence-electron chi connectivity index (χ2n) is 5.34. The molecule has 0 saturated carbocycles. The number of nitriles is 1. The molecule has 2 rings (SSSR count). The highest BCUT2D eigenvalue weighted by Crippen LogP contribution is 2.20. The molecule has 0 aliphatic rings. The first-order valence-corrected chi connectivity index (χ1v) is 8.25. The summed E-state index contributed by atoms with van der Waals surface area (Å²) in [5.74, 6) is -0.381. The third-order valence-corrected chi connectivity index (χ3v) is 3.67. The van der Waals surface area contributed by atoms with E-state index < -0.39 is 18.0 Å².